The molecule has 0 aliphatic heterocycles. The number of rotatable bonds is 4. The summed E-state index contributed by atoms with van der Waals surface area (Å²) >= 11 is 1.48. The fourth-order valence-corrected chi connectivity index (χ4v) is 2.87. The fourth-order valence-electron chi connectivity index (χ4n) is 2.04. The summed E-state index contributed by atoms with van der Waals surface area (Å²) in [5.74, 6) is 0.434. The number of hydrogen-bond acceptors (Lipinski definition) is 2. The number of aryl methyl sites for hydroxylation is 1. The van der Waals surface area contributed by atoms with Crippen LogP contribution in [-0.2, 0) is 0 Å². The van der Waals surface area contributed by atoms with Crippen molar-refractivity contribution in [3.05, 3.63) is 51.7 Å². The van der Waals surface area contributed by atoms with Crippen molar-refractivity contribution in [3.63, 3.8) is 0 Å². The van der Waals surface area contributed by atoms with Crippen LogP contribution in [0.25, 0.3) is 0 Å². The molecule has 2 aromatic rings. The number of carbonyl (C=O) groups is 1. The highest BCUT2D eigenvalue weighted by Crippen LogP contribution is 2.27. The first kappa shape index (κ1) is 13.8. The predicted molar refractivity (Wildman–Crippen MR) is 82.2 cm³/mol. The zero-order valence-corrected chi connectivity index (χ0v) is 12.4. The van der Waals surface area contributed by atoms with Gasteiger partial charge in [-0.05, 0) is 47.9 Å². The van der Waals surface area contributed by atoms with Crippen LogP contribution in [0.15, 0.2) is 35.7 Å². The lowest BCUT2D eigenvalue weighted by atomic mass is 9.97. The second-order valence-electron chi connectivity index (χ2n) is 4.78. The smallest absolute Gasteiger partial charge is 0.266 e. The van der Waals surface area contributed by atoms with Gasteiger partial charge in [0.1, 0.15) is 0 Å². The zero-order chi connectivity index (χ0) is 13.8. The Morgan fingerprint density at radius 1 is 1.32 bits per heavy atom. The predicted octanol–water partition coefficient (Wildman–Crippen LogP) is 4.82. The Hall–Kier alpha value is -1.61. The molecule has 0 fully saturated rings. The topological polar surface area (TPSA) is 29.1 Å². The van der Waals surface area contributed by atoms with E-state index in [0.29, 0.717) is 5.92 Å². The number of hydrogen-bond donors (Lipinski definition) is 1. The maximum atomic E-state index is 12.3. The molecule has 100 valence electrons. The Bertz CT molecular complexity index is 574. The zero-order valence-electron chi connectivity index (χ0n) is 11.6. The van der Waals surface area contributed by atoms with E-state index in [1.807, 2.05) is 36.6 Å². The van der Waals surface area contributed by atoms with Crippen LogP contribution in [0.4, 0.5) is 5.69 Å². The van der Waals surface area contributed by atoms with Gasteiger partial charge in [0.05, 0.1) is 4.88 Å². The van der Waals surface area contributed by atoms with Gasteiger partial charge in [-0.3, -0.25) is 4.79 Å². The lowest BCUT2D eigenvalue weighted by Crippen LogP contribution is -2.13. The molecular formula is C16H19NOS. The van der Waals surface area contributed by atoms with Gasteiger partial charge in [-0.15, -0.1) is 11.3 Å². The minimum absolute atomic E-state index is 0.0109. The monoisotopic (exact) mass is 273 g/mol. The van der Waals surface area contributed by atoms with E-state index in [1.165, 1.54) is 16.9 Å². The SMILES string of the molecule is CC[C@@H](C)c1ccccc1NC(=O)c1sccc1C. The molecule has 0 aliphatic rings. The summed E-state index contributed by atoms with van der Waals surface area (Å²) in [7, 11) is 0. The molecule has 1 N–H and O–H groups in total. The summed E-state index contributed by atoms with van der Waals surface area (Å²) in [5, 5.41) is 4.99. The van der Waals surface area contributed by atoms with Gasteiger partial charge < -0.3 is 5.32 Å². The number of anilines is 1. The van der Waals surface area contributed by atoms with E-state index < -0.39 is 0 Å². The first-order valence-electron chi connectivity index (χ1n) is 6.57. The molecule has 0 saturated carbocycles. The van der Waals surface area contributed by atoms with Crippen LogP contribution in [0.2, 0.25) is 0 Å². The Balaban J connectivity index is 2.24. The van der Waals surface area contributed by atoms with Crippen LogP contribution in [0.3, 0.4) is 0 Å². The molecule has 0 aliphatic carbocycles. The number of carbonyl (C=O) groups excluding carboxylic acids is 1. The molecule has 0 saturated heterocycles. The Labute approximate surface area is 118 Å². The number of para-hydroxylation sites is 1. The maximum Gasteiger partial charge on any atom is 0.266 e. The molecule has 1 aromatic carbocycles. The van der Waals surface area contributed by atoms with Gasteiger partial charge in [0.15, 0.2) is 0 Å². The molecular weight excluding hydrogens is 254 g/mol. The molecule has 0 unspecified atom stereocenters. The lowest BCUT2D eigenvalue weighted by molar-refractivity contribution is 0.103. The molecule has 0 spiro atoms. The standard InChI is InChI=1S/C16H19NOS/c1-4-11(2)13-7-5-6-8-14(13)17-16(18)15-12(3)9-10-19-15/h5-11H,4H2,1-3H3,(H,17,18)/t11-/m1/s1. The number of thiophene rings is 1. The second-order valence-corrected chi connectivity index (χ2v) is 5.70. The third-order valence-corrected chi connectivity index (χ3v) is 4.44. The van der Waals surface area contributed by atoms with Gasteiger partial charge in [-0.2, -0.15) is 0 Å². The van der Waals surface area contributed by atoms with Crippen LogP contribution >= 0.6 is 11.3 Å². The van der Waals surface area contributed by atoms with Crippen LogP contribution in [0.5, 0.6) is 0 Å². The van der Waals surface area contributed by atoms with E-state index in [2.05, 4.69) is 25.2 Å². The summed E-state index contributed by atoms with van der Waals surface area (Å²) in [4.78, 5) is 13.0. The quantitative estimate of drug-likeness (QED) is 0.850. The number of amides is 1. The van der Waals surface area contributed by atoms with Crippen LogP contribution < -0.4 is 5.32 Å². The van der Waals surface area contributed by atoms with Gasteiger partial charge in [-0.25, -0.2) is 0 Å². The molecule has 1 heterocycles. The lowest BCUT2D eigenvalue weighted by Gasteiger charge is -2.15. The van der Waals surface area contributed by atoms with Crippen LogP contribution in [-0.4, -0.2) is 5.91 Å². The van der Waals surface area contributed by atoms with Gasteiger partial charge >= 0.3 is 0 Å². The largest absolute Gasteiger partial charge is 0.321 e. The van der Waals surface area contributed by atoms with Crippen molar-refractivity contribution < 1.29 is 4.79 Å². The van der Waals surface area contributed by atoms with Gasteiger partial charge in [-0.1, -0.05) is 32.0 Å². The minimum Gasteiger partial charge on any atom is -0.321 e. The average Bonchev–Trinajstić information content (AvgIpc) is 2.85. The summed E-state index contributed by atoms with van der Waals surface area (Å²) < 4.78 is 0. The molecule has 0 radical (unpaired) electrons. The molecule has 0 bridgehead atoms. The highest BCUT2D eigenvalue weighted by atomic mass is 32.1. The highest BCUT2D eigenvalue weighted by Gasteiger charge is 2.14. The highest BCUT2D eigenvalue weighted by molar-refractivity contribution is 7.12. The van der Waals surface area contributed by atoms with Crippen molar-refractivity contribution in [1.29, 1.82) is 0 Å². The second kappa shape index (κ2) is 6.02. The summed E-state index contributed by atoms with van der Waals surface area (Å²) in [6, 6.07) is 10.0. The minimum atomic E-state index is -0.0109. The number of nitrogens with one attached hydrogen (secondary N) is 1. The molecule has 1 atom stereocenters. The first-order valence-corrected chi connectivity index (χ1v) is 7.45. The average molecular weight is 273 g/mol. The van der Waals surface area contributed by atoms with Crippen molar-refractivity contribution >= 4 is 22.9 Å². The molecule has 1 aromatic heterocycles. The van der Waals surface area contributed by atoms with Gasteiger partial charge in [0, 0.05) is 5.69 Å². The van der Waals surface area contributed by atoms with E-state index in [4.69, 9.17) is 0 Å². The summed E-state index contributed by atoms with van der Waals surface area (Å²) in [5.41, 5.74) is 3.16. The normalized spacial score (nSPS) is 12.2. The van der Waals surface area contributed by atoms with Gasteiger partial charge in [0.2, 0.25) is 0 Å². The molecule has 2 nitrogen and oxygen atoms in total. The van der Waals surface area contributed by atoms with Crippen molar-refractivity contribution in [2.75, 3.05) is 5.32 Å². The third-order valence-electron chi connectivity index (χ3n) is 3.42. The first-order chi connectivity index (χ1) is 9.13. The summed E-state index contributed by atoms with van der Waals surface area (Å²) in [6.07, 6.45) is 1.06. The van der Waals surface area contributed by atoms with E-state index >= 15 is 0 Å². The molecule has 2 rings (SSSR count). The third kappa shape index (κ3) is 3.04. The van der Waals surface area contributed by atoms with E-state index in [0.717, 1.165) is 22.5 Å². The van der Waals surface area contributed by atoms with E-state index in [-0.39, 0.29) is 5.91 Å². The van der Waals surface area contributed by atoms with Gasteiger partial charge in [0.25, 0.3) is 5.91 Å². The summed E-state index contributed by atoms with van der Waals surface area (Å²) in [6.45, 7) is 6.31. The van der Waals surface area contributed by atoms with E-state index in [9.17, 15) is 4.79 Å². The Kier molecular flexibility index (Phi) is 4.38. The van der Waals surface area contributed by atoms with E-state index in [1.54, 1.807) is 0 Å². The fraction of sp³-hybridized carbons (Fsp3) is 0.312. The molecule has 19 heavy (non-hydrogen) atoms. The van der Waals surface area contributed by atoms with Crippen molar-refractivity contribution in [1.82, 2.24) is 0 Å². The van der Waals surface area contributed by atoms with Crippen molar-refractivity contribution in [2.24, 2.45) is 0 Å². The van der Waals surface area contributed by atoms with Crippen molar-refractivity contribution in [3.8, 4) is 0 Å². The Morgan fingerprint density at radius 3 is 2.68 bits per heavy atom. The molecule has 1 amide bonds. The Morgan fingerprint density at radius 2 is 2.05 bits per heavy atom. The maximum absolute atomic E-state index is 12.3. The van der Waals surface area contributed by atoms with Crippen LogP contribution in [0.1, 0.15) is 47.0 Å². The van der Waals surface area contributed by atoms with Crippen LogP contribution in [0, 0.1) is 6.92 Å². The van der Waals surface area contributed by atoms with Crippen molar-refractivity contribution in [2.45, 2.75) is 33.1 Å². The molecule has 3 heteroatoms. The number of benzene rings is 1.